The number of hydrogen-bond donors (Lipinski definition) is 0. The summed E-state index contributed by atoms with van der Waals surface area (Å²) in [5.41, 5.74) is 0. The smallest absolute Gasteiger partial charge is 0.339 e. The maximum atomic E-state index is 11.4. The zero-order chi connectivity index (χ0) is 10.5. The van der Waals surface area contributed by atoms with E-state index >= 15 is 0 Å². The first kappa shape index (κ1) is 9.83. The molecule has 0 saturated carbocycles. The molecule has 2 rings (SSSR count). The molecule has 0 aliphatic carbocycles. The fourth-order valence-corrected chi connectivity index (χ4v) is 3.49. The largest absolute Gasteiger partial charge is 0.467 e. The summed E-state index contributed by atoms with van der Waals surface area (Å²) in [4.78, 5) is 24.4. The van der Waals surface area contributed by atoms with E-state index in [-0.39, 0.29) is 22.7 Å². The van der Waals surface area contributed by atoms with Crippen LogP contribution in [0, 0.1) is 0 Å². The monoisotopic (exact) mass is 215 g/mol. The molecule has 0 N–H and O–H groups in total. The molecule has 0 aromatic carbocycles. The average Bonchev–Trinajstić information content (AvgIpc) is 2.31. The first-order valence-electron chi connectivity index (χ1n) is 4.54. The quantitative estimate of drug-likeness (QED) is 0.475. The third-order valence-corrected chi connectivity index (χ3v) is 4.39. The normalized spacial score (nSPS) is 33.6. The number of carbonyl (C=O) groups excluding carboxylic acids is 2. The lowest BCUT2D eigenvalue weighted by Crippen LogP contribution is -2.58. The molecule has 14 heavy (non-hydrogen) atoms. The number of ether oxygens (including phenoxy) is 1. The first-order chi connectivity index (χ1) is 6.47. The van der Waals surface area contributed by atoms with Gasteiger partial charge in [0.05, 0.1) is 13.2 Å². The molecule has 0 unspecified atom stereocenters. The molecule has 2 heterocycles. The van der Waals surface area contributed by atoms with E-state index in [2.05, 4.69) is 18.6 Å². The number of nitrogens with zero attached hydrogens (tertiary/aromatic N) is 1. The predicted molar refractivity (Wildman–Crippen MR) is 52.7 cm³/mol. The van der Waals surface area contributed by atoms with Crippen LogP contribution in [0.5, 0.6) is 0 Å². The molecule has 2 atom stereocenters. The van der Waals surface area contributed by atoms with Gasteiger partial charge in [-0.2, -0.15) is 0 Å². The van der Waals surface area contributed by atoms with Crippen molar-refractivity contribution < 1.29 is 14.3 Å². The summed E-state index contributed by atoms with van der Waals surface area (Å²) >= 11 is 1.51. The number of methoxy groups -OCH3 is 1. The summed E-state index contributed by atoms with van der Waals surface area (Å²) in [7, 11) is 1.35. The van der Waals surface area contributed by atoms with Crippen molar-refractivity contribution in [2.24, 2.45) is 0 Å². The Kier molecular flexibility index (Phi) is 2.03. The van der Waals surface area contributed by atoms with Crippen LogP contribution in [0.2, 0.25) is 0 Å². The Bertz CT molecular complexity index is 302. The van der Waals surface area contributed by atoms with Gasteiger partial charge < -0.3 is 9.64 Å². The summed E-state index contributed by atoms with van der Waals surface area (Å²) in [6, 6.07) is 0.198. The number of hydrogen-bond acceptors (Lipinski definition) is 4. The Hall–Kier alpha value is -0.710. The standard InChI is InChI=1S/C9H13NO3S/c1-9(2)5-4-6(11)10(5)7(14-9)8(12)13-3/h5,7H,4H2,1-3H3/t5-,7+/m1/s1. The highest BCUT2D eigenvalue weighted by Gasteiger charge is 2.58. The second-order valence-corrected chi connectivity index (χ2v) is 5.85. The third-order valence-electron chi connectivity index (χ3n) is 2.87. The summed E-state index contributed by atoms with van der Waals surface area (Å²) in [6.07, 6.45) is 0.563. The molecule has 2 aliphatic heterocycles. The van der Waals surface area contributed by atoms with Crippen LogP contribution in [0.15, 0.2) is 0 Å². The number of amides is 1. The third kappa shape index (κ3) is 1.15. The summed E-state index contributed by atoms with van der Waals surface area (Å²) < 4.78 is 4.64. The molecule has 0 aromatic rings. The second kappa shape index (κ2) is 2.89. The maximum absolute atomic E-state index is 11.4. The summed E-state index contributed by atoms with van der Waals surface area (Å²) in [5.74, 6) is -0.262. The summed E-state index contributed by atoms with van der Waals surface area (Å²) in [6.45, 7) is 4.12. The minimum Gasteiger partial charge on any atom is -0.467 e. The Morgan fingerprint density at radius 3 is 2.79 bits per heavy atom. The van der Waals surface area contributed by atoms with Gasteiger partial charge in [0.1, 0.15) is 0 Å². The van der Waals surface area contributed by atoms with Crippen molar-refractivity contribution in [3.8, 4) is 0 Å². The highest BCUT2D eigenvalue weighted by Crippen LogP contribution is 2.50. The lowest BCUT2D eigenvalue weighted by atomic mass is 9.91. The van der Waals surface area contributed by atoms with Crippen LogP contribution >= 0.6 is 11.8 Å². The molecule has 2 fully saturated rings. The van der Waals surface area contributed by atoms with Gasteiger partial charge in [0.2, 0.25) is 5.91 Å². The molecule has 78 valence electrons. The molecule has 0 spiro atoms. The molecule has 5 heteroatoms. The fraction of sp³-hybridized carbons (Fsp3) is 0.778. The number of carbonyl (C=O) groups is 2. The molecule has 4 nitrogen and oxygen atoms in total. The lowest BCUT2D eigenvalue weighted by molar-refractivity contribution is -0.157. The lowest BCUT2D eigenvalue weighted by Gasteiger charge is -2.40. The van der Waals surface area contributed by atoms with Gasteiger partial charge in [-0.05, 0) is 13.8 Å². The Labute approximate surface area is 87.0 Å². The topological polar surface area (TPSA) is 46.6 Å². The molecule has 0 radical (unpaired) electrons. The zero-order valence-electron chi connectivity index (χ0n) is 8.44. The van der Waals surface area contributed by atoms with Crippen LogP contribution in [-0.2, 0) is 14.3 Å². The minimum absolute atomic E-state index is 0.0350. The van der Waals surface area contributed by atoms with Gasteiger partial charge in [0, 0.05) is 11.2 Å². The van der Waals surface area contributed by atoms with E-state index in [9.17, 15) is 9.59 Å². The molecule has 2 saturated heterocycles. The van der Waals surface area contributed by atoms with E-state index < -0.39 is 5.37 Å². The van der Waals surface area contributed by atoms with E-state index in [0.717, 1.165) is 0 Å². The summed E-state index contributed by atoms with van der Waals surface area (Å²) in [5, 5.41) is -0.429. The first-order valence-corrected chi connectivity index (χ1v) is 5.42. The van der Waals surface area contributed by atoms with Gasteiger partial charge in [0.15, 0.2) is 5.37 Å². The number of β-lactam (4-membered cyclic amide) rings is 1. The second-order valence-electron chi connectivity index (χ2n) is 4.12. The van der Waals surface area contributed by atoms with Gasteiger partial charge in [0.25, 0.3) is 0 Å². The van der Waals surface area contributed by atoms with Crippen LogP contribution in [0.1, 0.15) is 20.3 Å². The van der Waals surface area contributed by atoms with Crippen molar-refractivity contribution in [3.05, 3.63) is 0 Å². The van der Waals surface area contributed by atoms with Crippen molar-refractivity contribution in [2.75, 3.05) is 7.11 Å². The van der Waals surface area contributed by atoms with Crippen LogP contribution < -0.4 is 0 Å². The van der Waals surface area contributed by atoms with E-state index in [1.807, 2.05) is 0 Å². The van der Waals surface area contributed by atoms with Crippen molar-refractivity contribution in [3.63, 3.8) is 0 Å². The van der Waals surface area contributed by atoms with Crippen LogP contribution in [-0.4, -0.2) is 40.0 Å². The van der Waals surface area contributed by atoms with Gasteiger partial charge in [-0.1, -0.05) is 0 Å². The Morgan fingerprint density at radius 1 is 1.64 bits per heavy atom. The van der Waals surface area contributed by atoms with E-state index in [1.54, 1.807) is 4.90 Å². The molecule has 0 bridgehead atoms. The molecular formula is C9H13NO3S. The van der Waals surface area contributed by atoms with Crippen molar-refractivity contribution >= 4 is 23.6 Å². The Balaban J connectivity index is 2.21. The molecule has 1 amide bonds. The number of esters is 1. The van der Waals surface area contributed by atoms with Crippen molar-refractivity contribution in [2.45, 2.75) is 36.4 Å². The van der Waals surface area contributed by atoms with Gasteiger partial charge >= 0.3 is 5.97 Å². The zero-order valence-corrected chi connectivity index (χ0v) is 9.26. The van der Waals surface area contributed by atoms with Crippen molar-refractivity contribution in [1.82, 2.24) is 4.90 Å². The van der Waals surface area contributed by atoms with Gasteiger partial charge in [-0.3, -0.25) is 4.79 Å². The fourth-order valence-electron chi connectivity index (χ4n) is 1.99. The molecule has 2 aliphatic rings. The predicted octanol–water partition coefficient (Wildman–Crippen LogP) is 0.612. The van der Waals surface area contributed by atoms with Gasteiger partial charge in [-0.25, -0.2) is 4.79 Å². The van der Waals surface area contributed by atoms with Crippen LogP contribution in [0.3, 0.4) is 0 Å². The number of rotatable bonds is 1. The Morgan fingerprint density at radius 2 is 2.29 bits per heavy atom. The van der Waals surface area contributed by atoms with Crippen LogP contribution in [0.4, 0.5) is 0 Å². The SMILES string of the molecule is COC(=O)[C@@H]1SC(C)(C)[C@H]2CC(=O)N12. The highest BCUT2D eigenvalue weighted by atomic mass is 32.2. The molecule has 0 aromatic heterocycles. The van der Waals surface area contributed by atoms with Crippen LogP contribution in [0.25, 0.3) is 0 Å². The molecular weight excluding hydrogens is 202 g/mol. The average molecular weight is 215 g/mol. The van der Waals surface area contributed by atoms with Crippen molar-refractivity contribution in [1.29, 1.82) is 0 Å². The maximum Gasteiger partial charge on any atom is 0.339 e. The van der Waals surface area contributed by atoms with E-state index in [1.165, 1.54) is 18.9 Å². The number of thioether (sulfide) groups is 1. The minimum atomic E-state index is -0.429. The highest BCUT2D eigenvalue weighted by molar-refractivity contribution is 8.02. The van der Waals surface area contributed by atoms with Gasteiger partial charge in [-0.15, -0.1) is 11.8 Å². The van der Waals surface area contributed by atoms with E-state index in [4.69, 9.17) is 0 Å². The van der Waals surface area contributed by atoms with E-state index in [0.29, 0.717) is 6.42 Å². The number of fused-ring (bicyclic) bond motifs is 1.